The topological polar surface area (TPSA) is 124 Å². The molecular formula is C23H29N3O7. The number of ether oxygens (including phenoxy) is 1. The Morgan fingerprint density at radius 1 is 0.909 bits per heavy atom. The van der Waals surface area contributed by atoms with Crippen LogP contribution in [0.15, 0.2) is 47.1 Å². The molecule has 2 aromatic rings. The minimum absolute atomic E-state index is 0.0134. The normalized spacial score (nSPS) is 17.1. The second-order valence-electron chi connectivity index (χ2n) is 7.81. The fourth-order valence-electron chi connectivity index (χ4n) is 4.21. The Balaban J connectivity index is 0.000000454. The molecule has 2 aliphatic heterocycles. The van der Waals surface area contributed by atoms with Gasteiger partial charge in [0.05, 0.1) is 19.1 Å². The third-order valence-electron chi connectivity index (χ3n) is 5.92. The minimum Gasteiger partial charge on any atom is -0.495 e. The van der Waals surface area contributed by atoms with Crippen molar-refractivity contribution in [3.63, 3.8) is 0 Å². The van der Waals surface area contributed by atoms with Gasteiger partial charge < -0.3 is 29.2 Å². The number of anilines is 1. The summed E-state index contributed by atoms with van der Waals surface area (Å²) in [5.41, 5.74) is 1.18. The molecule has 1 amide bonds. The summed E-state index contributed by atoms with van der Waals surface area (Å²) >= 11 is 0. The third kappa shape index (κ3) is 6.26. The maximum atomic E-state index is 12.4. The number of carbonyl (C=O) groups excluding carboxylic acids is 1. The SMILES string of the molecule is COc1ccccc1N1CCN(C2CCN(C(=O)c3ccco3)CC2)CC1.O=C(O)C(=O)O. The summed E-state index contributed by atoms with van der Waals surface area (Å²) in [6.45, 7) is 5.72. The highest BCUT2D eigenvalue weighted by molar-refractivity contribution is 6.27. The van der Waals surface area contributed by atoms with E-state index in [4.69, 9.17) is 29.0 Å². The summed E-state index contributed by atoms with van der Waals surface area (Å²) in [7, 11) is 1.73. The van der Waals surface area contributed by atoms with E-state index < -0.39 is 11.9 Å². The van der Waals surface area contributed by atoms with E-state index in [1.54, 1.807) is 25.5 Å². The zero-order valence-electron chi connectivity index (χ0n) is 18.6. The first-order chi connectivity index (χ1) is 15.9. The molecule has 0 saturated carbocycles. The number of likely N-dealkylation sites (tertiary alicyclic amines) is 1. The van der Waals surface area contributed by atoms with Crippen molar-refractivity contribution in [3.05, 3.63) is 48.4 Å². The van der Waals surface area contributed by atoms with E-state index >= 15 is 0 Å². The number of carboxylic acid groups (broad SMARTS) is 2. The van der Waals surface area contributed by atoms with E-state index in [-0.39, 0.29) is 5.91 Å². The van der Waals surface area contributed by atoms with Gasteiger partial charge in [-0.25, -0.2) is 9.59 Å². The number of para-hydroxylation sites is 2. The van der Waals surface area contributed by atoms with Crippen molar-refractivity contribution in [2.45, 2.75) is 18.9 Å². The Morgan fingerprint density at radius 3 is 2.09 bits per heavy atom. The van der Waals surface area contributed by atoms with Crippen molar-refractivity contribution in [1.82, 2.24) is 9.80 Å². The number of furan rings is 1. The Morgan fingerprint density at radius 2 is 1.55 bits per heavy atom. The maximum absolute atomic E-state index is 12.4. The minimum atomic E-state index is -1.82. The predicted octanol–water partition coefficient (Wildman–Crippen LogP) is 1.87. The quantitative estimate of drug-likeness (QED) is 0.660. The van der Waals surface area contributed by atoms with Crippen LogP contribution in [0.3, 0.4) is 0 Å². The molecule has 2 fully saturated rings. The number of nitrogens with zero attached hydrogens (tertiary/aromatic N) is 3. The van der Waals surface area contributed by atoms with Crippen molar-refractivity contribution in [2.75, 3.05) is 51.3 Å². The molecular weight excluding hydrogens is 430 g/mol. The number of aliphatic carboxylic acids is 2. The molecule has 10 nitrogen and oxygen atoms in total. The van der Waals surface area contributed by atoms with Gasteiger partial charge in [0.15, 0.2) is 5.76 Å². The molecule has 1 aromatic heterocycles. The van der Waals surface area contributed by atoms with Crippen LogP contribution in [0.4, 0.5) is 5.69 Å². The van der Waals surface area contributed by atoms with Gasteiger partial charge in [0, 0.05) is 45.3 Å². The molecule has 178 valence electrons. The monoisotopic (exact) mass is 459 g/mol. The van der Waals surface area contributed by atoms with Crippen LogP contribution in [-0.4, -0.2) is 90.3 Å². The number of amides is 1. The predicted molar refractivity (Wildman–Crippen MR) is 120 cm³/mol. The van der Waals surface area contributed by atoms with E-state index in [0.29, 0.717) is 11.8 Å². The van der Waals surface area contributed by atoms with E-state index in [1.165, 1.54) is 5.69 Å². The van der Waals surface area contributed by atoms with Gasteiger partial charge in [-0.1, -0.05) is 12.1 Å². The van der Waals surface area contributed by atoms with Gasteiger partial charge in [-0.2, -0.15) is 0 Å². The van der Waals surface area contributed by atoms with Crippen LogP contribution >= 0.6 is 0 Å². The number of carboxylic acids is 2. The number of benzene rings is 1. The van der Waals surface area contributed by atoms with Gasteiger partial charge in [0.25, 0.3) is 5.91 Å². The zero-order valence-corrected chi connectivity index (χ0v) is 18.6. The van der Waals surface area contributed by atoms with E-state index in [1.807, 2.05) is 17.0 Å². The summed E-state index contributed by atoms with van der Waals surface area (Å²) < 4.78 is 10.8. The number of hydrogen-bond donors (Lipinski definition) is 2. The smallest absolute Gasteiger partial charge is 0.414 e. The van der Waals surface area contributed by atoms with Crippen LogP contribution in [0.2, 0.25) is 0 Å². The zero-order chi connectivity index (χ0) is 23.8. The molecule has 0 radical (unpaired) electrons. The molecule has 2 N–H and O–H groups in total. The van der Waals surface area contributed by atoms with Crippen molar-refractivity contribution in [2.24, 2.45) is 0 Å². The molecule has 0 unspecified atom stereocenters. The molecule has 10 heteroatoms. The van der Waals surface area contributed by atoms with Crippen LogP contribution < -0.4 is 9.64 Å². The second-order valence-corrected chi connectivity index (χ2v) is 7.81. The largest absolute Gasteiger partial charge is 0.495 e. The van der Waals surface area contributed by atoms with Crippen LogP contribution in [0.1, 0.15) is 23.4 Å². The number of methoxy groups -OCH3 is 1. The molecule has 2 saturated heterocycles. The summed E-state index contributed by atoms with van der Waals surface area (Å²) in [5, 5.41) is 14.8. The highest BCUT2D eigenvalue weighted by Crippen LogP contribution is 2.29. The summed E-state index contributed by atoms with van der Waals surface area (Å²) in [6.07, 6.45) is 3.61. The van der Waals surface area contributed by atoms with E-state index in [9.17, 15) is 4.79 Å². The van der Waals surface area contributed by atoms with Gasteiger partial charge in [0.1, 0.15) is 5.75 Å². The number of rotatable bonds is 4. The first-order valence-electron chi connectivity index (χ1n) is 10.8. The van der Waals surface area contributed by atoms with E-state index in [0.717, 1.165) is 57.9 Å². The maximum Gasteiger partial charge on any atom is 0.414 e. The Labute approximate surface area is 191 Å². The average Bonchev–Trinajstić information content (AvgIpc) is 3.39. The van der Waals surface area contributed by atoms with Crippen molar-refractivity contribution >= 4 is 23.5 Å². The van der Waals surface area contributed by atoms with Crippen molar-refractivity contribution in [3.8, 4) is 5.75 Å². The highest BCUT2D eigenvalue weighted by atomic mass is 16.5. The van der Waals surface area contributed by atoms with Gasteiger partial charge in [-0.3, -0.25) is 9.69 Å². The van der Waals surface area contributed by atoms with E-state index in [2.05, 4.69) is 21.9 Å². The van der Waals surface area contributed by atoms with Gasteiger partial charge in [-0.05, 0) is 37.1 Å². The Bertz CT molecular complexity index is 919. The third-order valence-corrected chi connectivity index (χ3v) is 5.92. The molecule has 0 bridgehead atoms. The van der Waals surface area contributed by atoms with Gasteiger partial charge in [-0.15, -0.1) is 0 Å². The molecule has 0 aliphatic carbocycles. The molecule has 2 aliphatic rings. The summed E-state index contributed by atoms with van der Waals surface area (Å²) in [6, 6.07) is 12.3. The van der Waals surface area contributed by atoms with Crippen LogP contribution in [0.25, 0.3) is 0 Å². The molecule has 4 rings (SSSR count). The Kier molecular flexibility index (Phi) is 8.31. The molecule has 0 spiro atoms. The number of piperazine rings is 1. The molecule has 3 heterocycles. The molecule has 33 heavy (non-hydrogen) atoms. The van der Waals surface area contributed by atoms with Gasteiger partial charge >= 0.3 is 11.9 Å². The van der Waals surface area contributed by atoms with Crippen LogP contribution in [0, 0.1) is 0 Å². The van der Waals surface area contributed by atoms with Crippen LogP contribution in [0.5, 0.6) is 5.75 Å². The first kappa shape index (κ1) is 24.1. The lowest BCUT2D eigenvalue weighted by Crippen LogP contribution is -2.53. The Hall–Kier alpha value is -3.53. The standard InChI is InChI=1S/C21H27N3O3.C2H2O4/c1-26-19-6-3-2-5-18(19)23-14-12-22(13-15-23)17-8-10-24(11-9-17)21(25)20-7-4-16-27-20;3-1(4)2(5)6/h2-7,16-17H,8-15H2,1H3;(H,3,4)(H,5,6). The molecule has 1 aromatic carbocycles. The summed E-state index contributed by atoms with van der Waals surface area (Å²) in [4.78, 5) is 37.5. The fraction of sp³-hybridized carbons (Fsp3) is 0.435. The van der Waals surface area contributed by atoms with Gasteiger partial charge in [0.2, 0.25) is 0 Å². The molecule has 0 atom stereocenters. The fourth-order valence-corrected chi connectivity index (χ4v) is 4.21. The number of carbonyl (C=O) groups is 3. The lowest BCUT2D eigenvalue weighted by atomic mass is 10.0. The summed E-state index contributed by atoms with van der Waals surface area (Å²) in [5.74, 6) is -2.25. The number of hydrogen-bond acceptors (Lipinski definition) is 7. The first-order valence-corrected chi connectivity index (χ1v) is 10.8. The van der Waals surface area contributed by atoms with Crippen LogP contribution in [-0.2, 0) is 9.59 Å². The average molecular weight is 459 g/mol. The lowest BCUT2D eigenvalue weighted by Gasteiger charge is -2.43. The van der Waals surface area contributed by atoms with Crippen molar-refractivity contribution in [1.29, 1.82) is 0 Å². The highest BCUT2D eigenvalue weighted by Gasteiger charge is 2.30. The number of piperidine rings is 1. The second kappa shape index (κ2) is 11.4. The lowest BCUT2D eigenvalue weighted by molar-refractivity contribution is -0.159. The van der Waals surface area contributed by atoms with Crippen molar-refractivity contribution < 1.29 is 33.8 Å².